The van der Waals surface area contributed by atoms with E-state index >= 15 is 0 Å². The van der Waals surface area contributed by atoms with Crippen LogP contribution < -0.4 is 11.1 Å². The second-order valence-corrected chi connectivity index (χ2v) is 6.76. The van der Waals surface area contributed by atoms with Gasteiger partial charge in [-0.15, -0.1) is 0 Å². The Morgan fingerprint density at radius 2 is 1.95 bits per heavy atom. The minimum atomic E-state index is -0.587. The van der Waals surface area contributed by atoms with Crippen LogP contribution in [0.15, 0.2) is 0 Å². The molecule has 0 heterocycles. The van der Waals surface area contributed by atoms with Crippen LogP contribution in [0.3, 0.4) is 0 Å². The number of hydrogen-bond acceptors (Lipinski definition) is 4. The second-order valence-electron chi connectivity index (χ2n) is 6.76. The van der Waals surface area contributed by atoms with Crippen LogP contribution in [0.2, 0.25) is 0 Å². The van der Waals surface area contributed by atoms with E-state index in [0.29, 0.717) is 5.54 Å². The van der Waals surface area contributed by atoms with Crippen molar-refractivity contribution in [3.05, 3.63) is 0 Å². The first-order valence-corrected chi connectivity index (χ1v) is 7.60. The van der Waals surface area contributed by atoms with E-state index in [4.69, 9.17) is 5.73 Å². The van der Waals surface area contributed by atoms with E-state index in [1.165, 1.54) is 19.3 Å². The molecule has 1 atom stereocenters. The van der Waals surface area contributed by atoms with E-state index < -0.39 is 5.54 Å². The molecule has 0 aliphatic heterocycles. The predicted octanol–water partition coefficient (Wildman–Crippen LogP) is 0.646. The standard InChI is InChI=1S/C15H32N4O/c1-14(17-2,13(16)20)8-7-11-19(5)12-15(18(3)4)9-6-10-15/h17H,6-12H2,1-5H3,(H2,16,20). The summed E-state index contributed by atoms with van der Waals surface area (Å²) in [5.41, 5.74) is 5.23. The van der Waals surface area contributed by atoms with E-state index in [1.807, 2.05) is 6.92 Å². The van der Waals surface area contributed by atoms with Crippen LogP contribution in [0.5, 0.6) is 0 Å². The van der Waals surface area contributed by atoms with Gasteiger partial charge in [-0.2, -0.15) is 0 Å². The van der Waals surface area contributed by atoms with Gasteiger partial charge in [0.25, 0.3) is 0 Å². The summed E-state index contributed by atoms with van der Waals surface area (Å²) in [5.74, 6) is -0.272. The van der Waals surface area contributed by atoms with Gasteiger partial charge in [-0.05, 0) is 73.8 Å². The van der Waals surface area contributed by atoms with Crippen molar-refractivity contribution in [1.29, 1.82) is 0 Å². The van der Waals surface area contributed by atoms with Crippen LogP contribution in [0.4, 0.5) is 0 Å². The molecule has 5 nitrogen and oxygen atoms in total. The van der Waals surface area contributed by atoms with Gasteiger partial charge in [-0.25, -0.2) is 0 Å². The lowest BCUT2D eigenvalue weighted by Gasteiger charge is -2.49. The Hall–Kier alpha value is -0.650. The normalized spacial score (nSPS) is 20.8. The van der Waals surface area contributed by atoms with Crippen LogP contribution in [0.25, 0.3) is 0 Å². The number of primary amides is 1. The van der Waals surface area contributed by atoms with Crippen molar-refractivity contribution in [2.75, 3.05) is 41.3 Å². The SMILES string of the molecule is CNC(C)(CCCN(C)CC1(N(C)C)CCC1)C(N)=O. The Kier molecular flexibility index (Phi) is 5.98. The number of carbonyl (C=O) groups is 1. The molecule has 1 amide bonds. The molecular formula is C15H32N4O. The van der Waals surface area contributed by atoms with Crippen molar-refractivity contribution in [2.45, 2.75) is 50.1 Å². The van der Waals surface area contributed by atoms with E-state index in [2.05, 4.69) is 36.3 Å². The molecule has 1 fully saturated rings. The van der Waals surface area contributed by atoms with E-state index in [1.54, 1.807) is 7.05 Å². The molecule has 5 heteroatoms. The molecule has 0 aromatic rings. The van der Waals surface area contributed by atoms with Gasteiger partial charge in [0, 0.05) is 12.1 Å². The molecule has 1 aliphatic carbocycles. The van der Waals surface area contributed by atoms with Gasteiger partial charge in [0.2, 0.25) is 5.91 Å². The lowest BCUT2D eigenvalue weighted by atomic mass is 9.75. The Morgan fingerprint density at radius 3 is 2.30 bits per heavy atom. The molecule has 20 heavy (non-hydrogen) atoms. The van der Waals surface area contributed by atoms with Crippen LogP contribution >= 0.6 is 0 Å². The van der Waals surface area contributed by atoms with Gasteiger partial charge in [0.15, 0.2) is 0 Å². The zero-order valence-electron chi connectivity index (χ0n) is 13.8. The predicted molar refractivity (Wildman–Crippen MR) is 83.7 cm³/mol. The highest BCUT2D eigenvalue weighted by Gasteiger charge is 2.39. The Morgan fingerprint density at radius 1 is 1.35 bits per heavy atom. The largest absolute Gasteiger partial charge is 0.368 e. The Bertz CT molecular complexity index is 328. The molecule has 0 aromatic heterocycles. The summed E-state index contributed by atoms with van der Waals surface area (Å²) in [6.45, 7) is 3.98. The van der Waals surface area contributed by atoms with Gasteiger partial charge in [0.1, 0.15) is 0 Å². The van der Waals surface area contributed by atoms with E-state index in [9.17, 15) is 4.79 Å². The minimum Gasteiger partial charge on any atom is -0.368 e. The fraction of sp³-hybridized carbons (Fsp3) is 0.933. The summed E-state index contributed by atoms with van der Waals surface area (Å²) in [4.78, 5) is 16.2. The molecular weight excluding hydrogens is 252 g/mol. The molecule has 0 radical (unpaired) electrons. The maximum Gasteiger partial charge on any atom is 0.237 e. The van der Waals surface area contributed by atoms with Crippen LogP contribution in [0, 0.1) is 0 Å². The maximum absolute atomic E-state index is 11.4. The zero-order chi connectivity index (χ0) is 15.4. The van der Waals surface area contributed by atoms with Crippen LogP contribution in [-0.4, -0.2) is 68.1 Å². The summed E-state index contributed by atoms with van der Waals surface area (Å²) in [5, 5.41) is 3.04. The lowest BCUT2D eigenvalue weighted by molar-refractivity contribution is -0.123. The van der Waals surface area contributed by atoms with E-state index in [-0.39, 0.29) is 5.91 Å². The van der Waals surface area contributed by atoms with Crippen LogP contribution in [-0.2, 0) is 4.79 Å². The molecule has 1 rings (SSSR count). The third kappa shape index (κ3) is 3.93. The number of hydrogen-bond donors (Lipinski definition) is 2. The number of nitrogens with zero attached hydrogens (tertiary/aromatic N) is 2. The molecule has 118 valence electrons. The number of nitrogens with one attached hydrogen (secondary N) is 1. The van der Waals surface area contributed by atoms with Crippen molar-refractivity contribution >= 4 is 5.91 Å². The fourth-order valence-corrected chi connectivity index (χ4v) is 2.99. The highest BCUT2D eigenvalue weighted by molar-refractivity contribution is 5.84. The first-order chi connectivity index (χ1) is 9.26. The Labute approximate surface area is 123 Å². The van der Waals surface area contributed by atoms with Gasteiger partial charge < -0.3 is 20.9 Å². The average molecular weight is 284 g/mol. The molecule has 1 aliphatic rings. The maximum atomic E-state index is 11.4. The lowest BCUT2D eigenvalue weighted by Crippen LogP contribution is -2.57. The molecule has 0 spiro atoms. The third-order valence-electron chi connectivity index (χ3n) is 5.11. The summed E-state index contributed by atoms with van der Waals surface area (Å²) in [6.07, 6.45) is 5.67. The number of amides is 1. The third-order valence-corrected chi connectivity index (χ3v) is 5.11. The quantitative estimate of drug-likeness (QED) is 0.652. The smallest absolute Gasteiger partial charge is 0.237 e. The van der Waals surface area contributed by atoms with Gasteiger partial charge in [0.05, 0.1) is 5.54 Å². The van der Waals surface area contributed by atoms with Crippen molar-refractivity contribution in [2.24, 2.45) is 5.73 Å². The molecule has 0 saturated heterocycles. The van der Waals surface area contributed by atoms with Gasteiger partial charge >= 0.3 is 0 Å². The molecule has 1 unspecified atom stereocenters. The van der Waals surface area contributed by atoms with Crippen LogP contribution in [0.1, 0.15) is 39.0 Å². The molecule has 0 aromatic carbocycles. The van der Waals surface area contributed by atoms with E-state index in [0.717, 1.165) is 25.9 Å². The molecule has 3 N–H and O–H groups in total. The van der Waals surface area contributed by atoms with Gasteiger partial charge in [-0.3, -0.25) is 4.79 Å². The molecule has 0 bridgehead atoms. The summed E-state index contributed by atoms with van der Waals surface area (Å²) in [6, 6.07) is 0. The number of likely N-dealkylation sites (N-methyl/N-ethyl adjacent to an activating group) is 3. The summed E-state index contributed by atoms with van der Waals surface area (Å²) in [7, 11) is 8.32. The first-order valence-electron chi connectivity index (χ1n) is 7.60. The zero-order valence-corrected chi connectivity index (χ0v) is 13.8. The number of carbonyl (C=O) groups excluding carboxylic acids is 1. The molecule has 1 saturated carbocycles. The highest BCUT2D eigenvalue weighted by atomic mass is 16.1. The van der Waals surface area contributed by atoms with Crippen molar-refractivity contribution in [3.8, 4) is 0 Å². The van der Waals surface area contributed by atoms with Gasteiger partial charge in [-0.1, -0.05) is 0 Å². The summed E-state index contributed by atoms with van der Waals surface area (Å²) < 4.78 is 0. The highest BCUT2D eigenvalue weighted by Crippen LogP contribution is 2.36. The van der Waals surface area contributed by atoms with Crippen molar-refractivity contribution < 1.29 is 4.79 Å². The Balaban J connectivity index is 2.37. The monoisotopic (exact) mass is 284 g/mol. The van der Waals surface area contributed by atoms with Crippen molar-refractivity contribution in [1.82, 2.24) is 15.1 Å². The average Bonchev–Trinajstić information content (AvgIpc) is 2.32. The summed E-state index contributed by atoms with van der Waals surface area (Å²) >= 11 is 0. The fourth-order valence-electron chi connectivity index (χ4n) is 2.99. The minimum absolute atomic E-state index is 0.272. The topological polar surface area (TPSA) is 61.6 Å². The van der Waals surface area contributed by atoms with Crippen molar-refractivity contribution in [3.63, 3.8) is 0 Å². The number of nitrogens with two attached hydrogens (primary N) is 1. The first kappa shape index (κ1) is 17.4. The number of rotatable bonds is 9. The second kappa shape index (κ2) is 6.87.